The SMILES string of the molecule is COCc1cn(C2CCN(C(=O)CCc3ccc(F)c(C)c3)C2)nn1. The van der Waals surface area contributed by atoms with E-state index in [1.807, 2.05) is 21.8 Å². The van der Waals surface area contributed by atoms with Gasteiger partial charge in [-0.25, -0.2) is 9.07 Å². The van der Waals surface area contributed by atoms with Crippen molar-refractivity contribution < 1.29 is 13.9 Å². The summed E-state index contributed by atoms with van der Waals surface area (Å²) in [6.07, 6.45) is 3.81. The Morgan fingerprint density at radius 2 is 2.28 bits per heavy atom. The lowest BCUT2D eigenvalue weighted by atomic mass is 10.1. The Hall–Kier alpha value is -2.28. The highest BCUT2D eigenvalue weighted by Gasteiger charge is 2.28. The van der Waals surface area contributed by atoms with Crippen LogP contribution < -0.4 is 0 Å². The molecule has 1 unspecified atom stereocenters. The fourth-order valence-corrected chi connectivity index (χ4v) is 3.16. The van der Waals surface area contributed by atoms with E-state index in [2.05, 4.69) is 10.3 Å². The molecule has 0 bridgehead atoms. The van der Waals surface area contributed by atoms with E-state index in [-0.39, 0.29) is 17.8 Å². The number of hydrogen-bond acceptors (Lipinski definition) is 4. The van der Waals surface area contributed by atoms with E-state index in [0.717, 1.165) is 24.2 Å². The summed E-state index contributed by atoms with van der Waals surface area (Å²) in [5.74, 6) is -0.0835. The van der Waals surface area contributed by atoms with Crippen LogP contribution in [-0.4, -0.2) is 46.0 Å². The van der Waals surface area contributed by atoms with Gasteiger partial charge in [0.25, 0.3) is 0 Å². The molecule has 1 saturated heterocycles. The van der Waals surface area contributed by atoms with Gasteiger partial charge in [0, 0.05) is 26.6 Å². The van der Waals surface area contributed by atoms with Gasteiger partial charge in [0.05, 0.1) is 18.8 Å². The highest BCUT2D eigenvalue weighted by molar-refractivity contribution is 5.76. The molecule has 1 aliphatic rings. The zero-order valence-corrected chi connectivity index (χ0v) is 14.6. The van der Waals surface area contributed by atoms with Gasteiger partial charge in [-0.1, -0.05) is 17.3 Å². The number of amides is 1. The number of aromatic nitrogens is 3. The van der Waals surface area contributed by atoms with Crippen molar-refractivity contribution in [2.24, 2.45) is 0 Å². The van der Waals surface area contributed by atoms with Crippen LogP contribution in [0.15, 0.2) is 24.4 Å². The van der Waals surface area contributed by atoms with Gasteiger partial charge < -0.3 is 9.64 Å². The first kappa shape index (κ1) is 17.5. The zero-order valence-electron chi connectivity index (χ0n) is 14.6. The molecule has 1 atom stereocenters. The second kappa shape index (κ2) is 7.74. The molecule has 1 amide bonds. The van der Waals surface area contributed by atoms with Crippen molar-refractivity contribution in [2.75, 3.05) is 20.2 Å². The van der Waals surface area contributed by atoms with Crippen LogP contribution in [0.4, 0.5) is 4.39 Å². The molecule has 7 heteroatoms. The first-order valence-electron chi connectivity index (χ1n) is 8.49. The van der Waals surface area contributed by atoms with Crippen LogP contribution in [-0.2, 0) is 22.6 Å². The van der Waals surface area contributed by atoms with Crippen molar-refractivity contribution in [1.29, 1.82) is 0 Å². The van der Waals surface area contributed by atoms with Crippen molar-refractivity contribution in [3.05, 3.63) is 47.0 Å². The molecule has 1 aromatic heterocycles. The van der Waals surface area contributed by atoms with Crippen LogP contribution in [0.25, 0.3) is 0 Å². The van der Waals surface area contributed by atoms with Crippen LogP contribution in [0.2, 0.25) is 0 Å². The molecule has 0 saturated carbocycles. The number of hydrogen-bond donors (Lipinski definition) is 0. The molecule has 1 aromatic carbocycles. The first-order valence-corrected chi connectivity index (χ1v) is 8.49. The molecule has 2 heterocycles. The summed E-state index contributed by atoms with van der Waals surface area (Å²) in [5.41, 5.74) is 2.40. The number of nitrogens with zero attached hydrogens (tertiary/aromatic N) is 4. The molecular weight excluding hydrogens is 323 g/mol. The number of likely N-dealkylation sites (tertiary alicyclic amines) is 1. The summed E-state index contributed by atoms with van der Waals surface area (Å²) in [5, 5.41) is 8.20. The fourth-order valence-electron chi connectivity index (χ4n) is 3.16. The first-order chi connectivity index (χ1) is 12.1. The summed E-state index contributed by atoms with van der Waals surface area (Å²) < 4.78 is 20.2. The second-order valence-electron chi connectivity index (χ2n) is 6.49. The maximum Gasteiger partial charge on any atom is 0.222 e. The third-order valence-corrected chi connectivity index (χ3v) is 4.59. The molecule has 0 N–H and O–H groups in total. The van der Waals surface area contributed by atoms with Gasteiger partial charge in [0.15, 0.2) is 0 Å². The fraction of sp³-hybridized carbons (Fsp3) is 0.500. The number of carbonyl (C=O) groups excluding carboxylic acids is 1. The molecule has 1 fully saturated rings. The Balaban J connectivity index is 1.52. The second-order valence-corrected chi connectivity index (χ2v) is 6.49. The molecule has 3 rings (SSSR count). The van der Waals surface area contributed by atoms with Gasteiger partial charge >= 0.3 is 0 Å². The highest BCUT2D eigenvalue weighted by Crippen LogP contribution is 2.22. The Kier molecular flexibility index (Phi) is 5.43. The standard InChI is InChI=1S/C18H23FN4O2/c1-13-9-14(3-5-17(13)19)4-6-18(24)22-8-7-16(11-22)23-10-15(12-25-2)20-21-23/h3,5,9-10,16H,4,6-8,11-12H2,1-2H3. The summed E-state index contributed by atoms with van der Waals surface area (Å²) in [7, 11) is 1.62. The number of ether oxygens (including phenoxy) is 1. The minimum absolute atomic E-state index is 0.127. The van der Waals surface area contributed by atoms with Crippen LogP contribution in [0.1, 0.15) is 35.7 Å². The number of aryl methyl sites for hydroxylation is 2. The van der Waals surface area contributed by atoms with E-state index in [1.54, 1.807) is 20.1 Å². The lowest BCUT2D eigenvalue weighted by Gasteiger charge is -2.16. The Labute approximate surface area is 146 Å². The highest BCUT2D eigenvalue weighted by atomic mass is 19.1. The molecule has 134 valence electrons. The van der Waals surface area contributed by atoms with Crippen LogP contribution >= 0.6 is 0 Å². The van der Waals surface area contributed by atoms with Crippen molar-refractivity contribution in [3.63, 3.8) is 0 Å². The topological polar surface area (TPSA) is 60.2 Å². The van der Waals surface area contributed by atoms with Gasteiger partial charge in [-0.15, -0.1) is 5.10 Å². The molecule has 0 aliphatic carbocycles. The van der Waals surface area contributed by atoms with Gasteiger partial charge in [-0.3, -0.25) is 4.79 Å². The Morgan fingerprint density at radius 3 is 3.04 bits per heavy atom. The Morgan fingerprint density at radius 1 is 1.44 bits per heavy atom. The molecule has 25 heavy (non-hydrogen) atoms. The summed E-state index contributed by atoms with van der Waals surface area (Å²) in [4.78, 5) is 14.3. The zero-order chi connectivity index (χ0) is 17.8. The lowest BCUT2D eigenvalue weighted by Crippen LogP contribution is -2.29. The van der Waals surface area contributed by atoms with Crippen molar-refractivity contribution >= 4 is 5.91 Å². The van der Waals surface area contributed by atoms with Crippen molar-refractivity contribution in [2.45, 2.75) is 38.8 Å². The summed E-state index contributed by atoms with van der Waals surface area (Å²) >= 11 is 0. The normalized spacial score (nSPS) is 17.2. The third-order valence-electron chi connectivity index (χ3n) is 4.59. The predicted molar refractivity (Wildman–Crippen MR) is 90.4 cm³/mol. The quantitative estimate of drug-likeness (QED) is 0.805. The van der Waals surface area contributed by atoms with Gasteiger partial charge in [0.2, 0.25) is 5.91 Å². The van der Waals surface area contributed by atoms with Crippen LogP contribution in [0.5, 0.6) is 0 Å². The average Bonchev–Trinajstić information content (AvgIpc) is 3.25. The van der Waals surface area contributed by atoms with Crippen LogP contribution in [0, 0.1) is 12.7 Å². The van der Waals surface area contributed by atoms with E-state index in [4.69, 9.17) is 4.74 Å². The molecule has 6 nitrogen and oxygen atoms in total. The van der Waals surface area contributed by atoms with E-state index < -0.39 is 0 Å². The van der Waals surface area contributed by atoms with Crippen molar-refractivity contribution in [1.82, 2.24) is 19.9 Å². The smallest absolute Gasteiger partial charge is 0.222 e. The van der Waals surface area contributed by atoms with E-state index in [9.17, 15) is 9.18 Å². The summed E-state index contributed by atoms with van der Waals surface area (Å²) in [6.45, 7) is 3.55. The molecule has 1 aliphatic heterocycles. The number of carbonyl (C=O) groups is 1. The average molecular weight is 346 g/mol. The lowest BCUT2D eigenvalue weighted by molar-refractivity contribution is -0.130. The minimum Gasteiger partial charge on any atom is -0.378 e. The maximum atomic E-state index is 13.3. The maximum absolute atomic E-state index is 13.3. The molecule has 0 radical (unpaired) electrons. The minimum atomic E-state index is -0.210. The molecule has 2 aromatic rings. The Bertz CT molecular complexity index is 746. The largest absolute Gasteiger partial charge is 0.378 e. The molecular formula is C18H23FN4O2. The van der Waals surface area contributed by atoms with Gasteiger partial charge in [-0.05, 0) is 37.0 Å². The molecule has 0 spiro atoms. The number of benzene rings is 1. The van der Waals surface area contributed by atoms with E-state index in [0.29, 0.717) is 31.6 Å². The van der Waals surface area contributed by atoms with E-state index in [1.165, 1.54) is 6.07 Å². The summed E-state index contributed by atoms with van der Waals surface area (Å²) in [6, 6.07) is 5.18. The number of rotatable bonds is 6. The van der Waals surface area contributed by atoms with Crippen molar-refractivity contribution in [3.8, 4) is 0 Å². The number of methoxy groups -OCH3 is 1. The van der Waals surface area contributed by atoms with E-state index >= 15 is 0 Å². The monoisotopic (exact) mass is 346 g/mol. The number of halogens is 1. The van der Waals surface area contributed by atoms with Gasteiger partial charge in [-0.2, -0.15) is 0 Å². The van der Waals surface area contributed by atoms with Gasteiger partial charge in [0.1, 0.15) is 11.5 Å². The predicted octanol–water partition coefficient (Wildman–Crippen LogP) is 2.28. The third kappa shape index (κ3) is 4.22. The van der Waals surface area contributed by atoms with Crippen LogP contribution in [0.3, 0.4) is 0 Å².